The maximum Gasteiger partial charge on any atom is 0.243 e. The van der Waals surface area contributed by atoms with Gasteiger partial charge in [-0.05, 0) is 50.1 Å². The van der Waals surface area contributed by atoms with E-state index in [4.69, 9.17) is 0 Å². The third-order valence-electron chi connectivity index (χ3n) is 4.32. The fourth-order valence-electron chi connectivity index (χ4n) is 3.11. The third kappa shape index (κ3) is 2.36. The minimum Gasteiger partial charge on any atom is -0.298 e. The van der Waals surface area contributed by atoms with Crippen LogP contribution in [-0.2, 0) is 10.0 Å². The number of aryl methyl sites for hydroxylation is 1. The van der Waals surface area contributed by atoms with E-state index in [1.165, 1.54) is 18.2 Å². The summed E-state index contributed by atoms with van der Waals surface area (Å²) in [5, 5.41) is 0. The molecule has 1 aromatic carbocycles. The summed E-state index contributed by atoms with van der Waals surface area (Å²) in [6.45, 7) is 4.54. The van der Waals surface area contributed by atoms with Crippen molar-refractivity contribution >= 4 is 10.0 Å². The maximum absolute atomic E-state index is 13.3. The summed E-state index contributed by atoms with van der Waals surface area (Å²) in [6.07, 6.45) is 2.21. The monoisotopic (exact) mass is 298 g/mol. The van der Waals surface area contributed by atoms with Gasteiger partial charge in [0.1, 0.15) is 5.82 Å². The number of hydrogen-bond acceptors (Lipinski definition) is 3. The van der Waals surface area contributed by atoms with E-state index in [0.29, 0.717) is 24.7 Å². The highest BCUT2D eigenvalue weighted by atomic mass is 32.2. The van der Waals surface area contributed by atoms with Crippen LogP contribution in [0.5, 0.6) is 0 Å². The Morgan fingerprint density at radius 2 is 2.05 bits per heavy atom. The normalized spacial score (nSPS) is 24.8. The second-order valence-corrected chi connectivity index (χ2v) is 7.54. The van der Waals surface area contributed by atoms with Gasteiger partial charge in [-0.1, -0.05) is 0 Å². The van der Waals surface area contributed by atoms with Gasteiger partial charge in [-0.3, -0.25) is 4.90 Å². The number of sulfonamides is 1. The van der Waals surface area contributed by atoms with Crippen molar-refractivity contribution in [3.63, 3.8) is 0 Å². The van der Waals surface area contributed by atoms with E-state index in [-0.39, 0.29) is 10.7 Å². The van der Waals surface area contributed by atoms with Gasteiger partial charge in [0.15, 0.2) is 0 Å². The molecule has 0 aliphatic carbocycles. The molecule has 1 aromatic rings. The first-order chi connectivity index (χ1) is 9.48. The number of fused-ring (bicyclic) bond motifs is 1. The second-order valence-electron chi connectivity index (χ2n) is 5.61. The van der Waals surface area contributed by atoms with Crippen molar-refractivity contribution in [2.75, 3.05) is 26.2 Å². The highest BCUT2D eigenvalue weighted by Crippen LogP contribution is 2.26. The molecule has 2 aliphatic heterocycles. The molecule has 0 radical (unpaired) electrons. The van der Waals surface area contributed by atoms with Gasteiger partial charge in [0.2, 0.25) is 10.0 Å². The molecular formula is C14H19FN2O2S. The molecule has 2 fully saturated rings. The Labute approximate surface area is 119 Å². The largest absolute Gasteiger partial charge is 0.298 e. The van der Waals surface area contributed by atoms with Crippen molar-refractivity contribution in [1.82, 2.24) is 9.21 Å². The predicted octanol–water partition coefficient (Wildman–Crippen LogP) is 1.60. The highest BCUT2D eigenvalue weighted by molar-refractivity contribution is 7.89. The number of piperazine rings is 1. The first-order valence-electron chi connectivity index (χ1n) is 6.99. The summed E-state index contributed by atoms with van der Waals surface area (Å²) in [5.41, 5.74) is 0.366. The summed E-state index contributed by atoms with van der Waals surface area (Å²) < 4.78 is 40.1. The molecule has 0 aromatic heterocycles. The number of halogens is 1. The molecule has 3 rings (SSSR count). The smallest absolute Gasteiger partial charge is 0.243 e. The molecule has 1 unspecified atom stereocenters. The molecule has 2 heterocycles. The second kappa shape index (κ2) is 5.09. The number of nitrogens with zero attached hydrogens (tertiary/aromatic N) is 2. The minimum absolute atomic E-state index is 0.197. The van der Waals surface area contributed by atoms with Crippen LogP contribution in [0.25, 0.3) is 0 Å². The molecule has 2 aliphatic rings. The van der Waals surface area contributed by atoms with Gasteiger partial charge in [-0.25, -0.2) is 12.8 Å². The van der Waals surface area contributed by atoms with E-state index in [1.807, 2.05) is 0 Å². The van der Waals surface area contributed by atoms with Gasteiger partial charge in [-0.2, -0.15) is 4.31 Å². The molecule has 2 saturated heterocycles. The van der Waals surface area contributed by atoms with Crippen LogP contribution in [0.2, 0.25) is 0 Å². The van der Waals surface area contributed by atoms with Crippen LogP contribution in [0.15, 0.2) is 23.1 Å². The highest BCUT2D eigenvalue weighted by Gasteiger charge is 2.36. The van der Waals surface area contributed by atoms with Gasteiger partial charge >= 0.3 is 0 Å². The van der Waals surface area contributed by atoms with Crippen molar-refractivity contribution in [2.24, 2.45) is 0 Å². The summed E-state index contributed by atoms with van der Waals surface area (Å²) in [6, 6.07) is 4.36. The molecule has 6 heteroatoms. The van der Waals surface area contributed by atoms with Gasteiger partial charge in [-0.15, -0.1) is 0 Å². The molecule has 0 amide bonds. The van der Waals surface area contributed by atoms with Crippen molar-refractivity contribution in [2.45, 2.75) is 30.7 Å². The first kappa shape index (κ1) is 14.0. The van der Waals surface area contributed by atoms with Gasteiger partial charge in [0.05, 0.1) is 4.90 Å². The summed E-state index contributed by atoms with van der Waals surface area (Å²) in [5.74, 6) is -0.371. The quantitative estimate of drug-likeness (QED) is 0.833. The van der Waals surface area contributed by atoms with Crippen LogP contribution in [0.3, 0.4) is 0 Å². The van der Waals surface area contributed by atoms with Crippen molar-refractivity contribution in [3.05, 3.63) is 29.6 Å². The average Bonchev–Trinajstić information content (AvgIpc) is 2.89. The fraction of sp³-hybridized carbons (Fsp3) is 0.571. The number of benzene rings is 1. The van der Waals surface area contributed by atoms with E-state index in [9.17, 15) is 12.8 Å². The molecule has 20 heavy (non-hydrogen) atoms. The molecule has 0 saturated carbocycles. The topological polar surface area (TPSA) is 40.6 Å². The number of rotatable bonds is 2. The molecular weight excluding hydrogens is 279 g/mol. The Kier molecular flexibility index (Phi) is 3.56. The Morgan fingerprint density at radius 3 is 2.80 bits per heavy atom. The fourth-order valence-corrected chi connectivity index (χ4v) is 4.66. The summed E-state index contributed by atoms with van der Waals surface area (Å²) in [4.78, 5) is 2.56. The van der Waals surface area contributed by atoms with Crippen LogP contribution in [-0.4, -0.2) is 49.8 Å². The lowest BCUT2D eigenvalue weighted by Gasteiger charge is -2.36. The van der Waals surface area contributed by atoms with E-state index < -0.39 is 10.0 Å². The zero-order chi connectivity index (χ0) is 14.3. The van der Waals surface area contributed by atoms with Crippen molar-refractivity contribution < 1.29 is 12.8 Å². The summed E-state index contributed by atoms with van der Waals surface area (Å²) >= 11 is 0. The molecule has 0 bridgehead atoms. The third-order valence-corrected chi connectivity index (χ3v) is 6.18. The van der Waals surface area contributed by atoms with Crippen LogP contribution in [0.1, 0.15) is 18.4 Å². The van der Waals surface area contributed by atoms with Crippen molar-refractivity contribution in [1.29, 1.82) is 0 Å². The average molecular weight is 298 g/mol. The van der Waals surface area contributed by atoms with E-state index in [1.54, 1.807) is 11.2 Å². The SMILES string of the molecule is Cc1cc(S(=O)(=O)N2CCN3CCCC3C2)ccc1F. The standard InChI is InChI=1S/C14H19FN2O2S/c1-11-9-13(4-5-14(11)15)20(18,19)17-8-7-16-6-2-3-12(16)10-17/h4-5,9,12H,2-3,6-8,10H2,1H3. The van der Waals surface area contributed by atoms with E-state index >= 15 is 0 Å². The lowest BCUT2D eigenvalue weighted by atomic mass is 10.2. The molecule has 4 nitrogen and oxygen atoms in total. The lowest BCUT2D eigenvalue weighted by molar-refractivity contribution is 0.158. The zero-order valence-electron chi connectivity index (χ0n) is 11.5. The van der Waals surface area contributed by atoms with Crippen LogP contribution >= 0.6 is 0 Å². The Hall–Kier alpha value is -0.980. The molecule has 1 atom stereocenters. The molecule has 0 spiro atoms. The predicted molar refractivity (Wildman–Crippen MR) is 74.5 cm³/mol. The van der Waals surface area contributed by atoms with E-state index in [0.717, 1.165) is 25.9 Å². The van der Waals surface area contributed by atoms with Gasteiger partial charge in [0, 0.05) is 25.7 Å². The minimum atomic E-state index is -3.50. The van der Waals surface area contributed by atoms with Crippen molar-refractivity contribution in [3.8, 4) is 0 Å². The lowest BCUT2D eigenvalue weighted by Crippen LogP contribution is -2.51. The van der Waals surface area contributed by atoms with Crippen LogP contribution in [0, 0.1) is 12.7 Å². The van der Waals surface area contributed by atoms with E-state index in [2.05, 4.69) is 4.90 Å². The summed E-state index contributed by atoms with van der Waals surface area (Å²) in [7, 11) is -3.50. The van der Waals surface area contributed by atoms with Gasteiger partial charge < -0.3 is 0 Å². The Balaban J connectivity index is 1.86. The first-order valence-corrected chi connectivity index (χ1v) is 8.43. The molecule has 0 N–H and O–H groups in total. The Bertz CT molecular complexity index is 618. The van der Waals surface area contributed by atoms with Gasteiger partial charge in [0.25, 0.3) is 0 Å². The molecule has 110 valence electrons. The Morgan fingerprint density at radius 1 is 1.25 bits per heavy atom. The van der Waals surface area contributed by atoms with Crippen LogP contribution in [0.4, 0.5) is 4.39 Å². The van der Waals surface area contributed by atoms with Crippen LogP contribution < -0.4 is 0 Å². The maximum atomic E-state index is 13.3. The number of hydrogen-bond donors (Lipinski definition) is 0. The zero-order valence-corrected chi connectivity index (χ0v) is 12.4.